The molecule has 0 fully saturated rings. The molecule has 0 aliphatic heterocycles. The smallest absolute Gasteiger partial charge is 0 e. The largest absolute Gasteiger partial charge is 0.0616 e. The van der Waals surface area contributed by atoms with Gasteiger partial charge in [0.1, 0.15) is 0 Å². The first-order valence-electron chi connectivity index (χ1n) is 5.22. The van der Waals surface area contributed by atoms with Crippen molar-refractivity contribution < 1.29 is 0 Å². The third-order valence-corrected chi connectivity index (χ3v) is 2.86. The summed E-state index contributed by atoms with van der Waals surface area (Å²) in [4.78, 5) is 0. The molecule has 0 amide bonds. The molecule has 3 rings (SSSR count). The van der Waals surface area contributed by atoms with E-state index in [1.54, 1.807) is 0 Å². The van der Waals surface area contributed by atoms with E-state index in [-0.39, 0.29) is 0 Å². The van der Waals surface area contributed by atoms with Gasteiger partial charge >= 0.3 is 0 Å². The summed E-state index contributed by atoms with van der Waals surface area (Å²) in [5.74, 6) is 0. The number of hydrogen-bond donors (Lipinski definition) is 0. The number of rotatable bonds is 0. The van der Waals surface area contributed by atoms with Gasteiger partial charge in [0.15, 0.2) is 0 Å². The number of fused-ring (bicyclic) bond motifs is 2. The van der Waals surface area contributed by atoms with Crippen molar-refractivity contribution in [3.05, 3.63) is 60.2 Å². The maximum atomic E-state index is 2.26. The van der Waals surface area contributed by atoms with Gasteiger partial charge in [-0.2, -0.15) is 0 Å². The van der Waals surface area contributed by atoms with Crippen LogP contribution in [-0.4, -0.2) is 0 Å². The molecule has 0 aliphatic carbocycles. The van der Waals surface area contributed by atoms with Crippen LogP contribution in [0, 0.1) is 6.92 Å². The summed E-state index contributed by atoms with van der Waals surface area (Å²) in [7, 11) is 0. The second-order valence-electron chi connectivity index (χ2n) is 4.05. The summed E-state index contributed by atoms with van der Waals surface area (Å²) in [5.41, 5.74) is 1.32. The third-order valence-electron chi connectivity index (χ3n) is 2.86. The first-order valence-corrected chi connectivity index (χ1v) is 5.22. The van der Waals surface area contributed by atoms with Gasteiger partial charge in [-0.15, -0.1) is 0 Å². The quantitative estimate of drug-likeness (QED) is 0.445. The van der Waals surface area contributed by atoms with Crippen LogP contribution in [0.3, 0.4) is 0 Å². The number of aryl methyl sites for hydroxylation is 1. The molecule has 0 atom stereocenters. The maximum Gasteiger partial charge on any atom is 0 e. The summed E-state index contributed by atoms with van der Waals surface area (Å²) in [6, 6.07) is 19.6. The topological polar surface area (TPSA) is 0 Å². The van der Waals surface area contributed by atoms with Gasteiger partial charge in [-0.05, 0) is 40.6 Å². The van der Waals surface area contributed by atoms with Gasteiger partial charge in [0.25, 0.3) is 0 Å². The van der Waals surface area contributed by atoms with E-state index < -0.39 is 0 Å². The first-order chi connectivity index (χ1) is 7.33. The summed E-state index contributed by atoms with van der Waals surface area (Å²) in [5, 5.41) is 5.28. The second-order valence-corrected chi connectivity index (χ2v) is 4.05. The zero-order valence-corrected chi connectivity index (χ0v) is 11.1. The van der Waals surface area contributed by atoms with E-state index in [0.717, 1.165) is 0 Å². The maximum absolute atomic E-state index is 2.26. The van der Waals surface area contributed by atoms with Gasteiger partial charge in [-0.1, -0.05) is 48.0 Å². The Balaban J connectivity index is 0.000000963. The van der Waals surface area contributed by atoms with Crippen molar-refractivity contribution >= 4 is 21.5 Å². The number of benzene rings is 3. The van der Waals surface area contributed by atoms with E-state index in [1.807, 2.05) is 0 Å². The zero-order chi connectivity index (χ0) is 10.3. The van der Waals surface area contributed by atoms with Crippen LogP contribution in [0.4, 0.5) is 0 Å². The van der Waals surface area contributed by atoms with E-state index in [1.165, 1.54) is 27.1 Å². The molecular weight excluding hydrogens is 442 g/mol. The van der Waals surface area contributed by atoms with Crippen molar-refractivity contribution in [2.75, 3.05) is 0 Å². The van der Waals surface area contributed by atoms with Crippen molar-refractivity contribution in [2.24, 2.45) is 0 Å². The zero-order valence-electron chi connectivity index (χ0n) is 8.95. The summed E-state index contributed by atoms with van der Waals surface area (Å²) >= 11 is 0. The Morgan fingerprint density at radius 3 is 1.88 bits per heavy atom. The third kappa shape index (κ3) is 1.36. The minimum atomic E-state index is 0. The Kier molecular flexibility index (Phi) is 2.06. The van der Waals surface area contributed by atoms with E-state index >= 15 is 0 Å². The molecule has 0 aliphatic rings. The fourth-order valence-corrected chi connectivity index (χ4v) is 2.06. The van der Waals surface area contributed by atoms with Crippen LogP contribution in [0.2, 0.25) is 0 Å². The standard InChI is InChI=1S/C15H12.Lr/c1-11-6-7-14-9-12-4-2-3-5-13(12)10-15(14)8-11;/h2-10H,1H3;. The summed E-state index contributed by atoms with van der Waals surface area (Å²) in [6.07, 6.45) is 0. The predicted molar refractivity (Wildman–Crippen MR) is 66.2 cm³/mol. The van der Waals surface area contributed by atoms with E-state index in [0.29, 0.717) is 0 Å². The minimum Gasteiger partial charge on any atom is -0.0616 e. The van der Waals surface area contributed by atoms with Gasteiger partial charge < -0.3 is 0 Å². The number of hydrogen-bond acceptors (Lipinski definition) is 0. The fourth-order valence-electron chi connectivity index (χ4n) is 2.06. The van der Waals surface area contributed by atoms with Crippen molar-refractivity contribution in [1.82, 2.24) is 0 Å². The molecule has 0 nitrogen and oxygen atoms in total. The van der Waals surface area contributed by atoms with Crippen molar-refractivity contribution in [3.63, 3.8) is 0 Å². The van der Waals surface area contributed by atoms with Gasteiger partial charge in [0, 0.05) is 0 Å². The Hall–Kier alpha value is -2.82. The SMILES string of the molecule is Cc1ccc2cc3ccccc3cc2c1.[Lr]. The first kappa shape index (κ1) is 9.72. The molecule has 3 aromatic carbocycles. The van der Waals surface area contributed by atoms with Crippen molar-refractivity contribution in [3.8, 4) is 0 Å². The molecule has 3 aromatic rings. The molecular formula is C15H12Lr. The second kappa shape index (κ2) is 3.39. The van der Waals surface area contributed by atoms with Crippen LogP contribution in [0.25, 0.3) is 21.5 Å². The molecule has 0 heterocycles. The van der Waals surface area contributed by atoms with Crippen LogP contribution < -0.4 is 0 Å². The molecule has 0 unspecified atom stereocenters. The van der Waals surface area contributed by atoms with Crippen LogP contribution >= 0.6 is 0 Å². The normalized spacial score (nSPS) is 10.3. The molecule has 0 N–H and O–H groups in total. The van der Waals surface area contributed by atoms with Crippen LogP contribution in [0.5, 0.6) is 0 Å². The molecule has 0 aromatic heterocycles. The molecule has 0 saturated carbocycles. The molecule has 1 radical (unpaired) electrons. The Morgan fingerprint density at radius 2 is 1.19 bits per heavy atom. The van der Waals surface area contributed by atoms with E-state index in [4.69, 9.17) is 0 Å². The average Bonchev–Trinajstić information content (AvgIpc) is 2.26. The van der Waals surface area contributed by atoms with Crippen molar-refractivity contribution in [2.45, 2.75) is 6.92 Å². The molecule has 0 saturated heterocycles. The summed E-state index contributed by atoms with van der Waals surface area (Å²) in [6.45, 7) is 2.13. The van der Waals surface area contributed by atoms with E-state index in [9.17, 15) is 0 Å². The van der Waals surface area contributed by atoms with Crippen LogP contribution in [0.1, 0.15) is 5.56 Å². The summed E-state index contributed by atoms with van der Waals surface area (Å²) < 4.78 is 0. The van der Waals surface area contributed by atoms with Crippen LogP contribution in [-0.2, 0) is 0 Å². The predicted octanol–water partition coefficient (Wildman–Crippen LogP) is 4.30. The average molecular weight is 454 g/mol. The van der Waals surface area contributed by atoms with Crippen LogP contribution in [0.15, 0.2) is 54.6 Å². The Bertz CT molecular complexity index is 641. The molecule has 1 heteroatoms. The van der Waals surface area contributed by atoms with Gasteiger partial charge in [-0.25, -0.2) is 0 Å². The molecule has 87 valence electrons. The van der Waals surface area contributed by atoms with Gasteiger partial charge in [-0.3, -0.25) is 0 Å². The Labute approximate surface area is 89.2 Å². The Morgan fingerprint density at radius 1 is 0.625 bits per heavy atom. The fraction of sp³-hybridized carbons (Fsp3) is 0.0667. The molecule has 16 heavy (non-hydrogen) atoms. The monoisotopic (exact) mass is 454 g/mol. The minimum absolute atomic E-state index is 0. The molecule has 0 bridgehead atoms. The van der Waals surface area contributed by atoms with E-state index in [2.05, 4.69) is 61.5 Å². The van der Waals surface area contributed by atoms with Crippen molar-refractivity contribution in [1.29, 1.82) is 0 Å². The van der Waals surface area contributed by atoms with Gasteiger partial charge in [0.2, 0.25) is 0 Å². The molecule has 0 spiro atoms. The van der Waals surface area contributed by atoms with Gasteiger partial charge in [0.05, 0.1) is 0 Å².